The summed E-state index contributed by atoms with van der Waals surface area (Å²) in [5, 5.41) is 4.09. The molecule has 1 aromatic rings. The minimum atomic E-state index is -0.348. The molecule has 0 aromatic carbocycles. The highest BCUT2D eigenvalue weighted by Crippen LogP contribution is 2.37. The topological polar surface area (TPSA) is 64.9 Å². The summed E-state index contributed by atoms with van der Waals surface area (Å²) >= 11 is 0. The molecule has 1 heterocycles. The average Bonchev–Trinajstić information content (AvgIpc) is 2.84. The second kappa shape index (κ2) is 4.09. The molecule has 1 aliphatic carbocycles. The summed E-state index contributed by atoms with van der Waals surface area (Å²) in [6.07, 6.45) is 4.26. The molecule has 0 spiro atoms. The van der Waals surface area contributed by atoms with Crippen LogP contribution in [0.15, 0.2) is 4.52 Å². The molecule has 96 valence electrons. The predicted octanol–water partition coefficient (Wildman–Crippen LogP) is 2.95. The Morgan fingerprint density at radius 1 is 1.29 bits per heavy atom. The van der Waals surface area contributed by atoms with Crippen molar-refractivity contribution < 1.29 is 4.52 Å². The summed E-state index contributed by atoms with van der Waals surface area (Å²) in [6.45, 7) is 8.65. The molecular weight excluding hydrogens is 214 g/mol. The van der Waals surface area contributed by atoms with Gasteiger partial charge in [-0.3, -0.25) is 0 Å². The molecule has 1 saturated carbocycles. The summed E-state index contributed by atoms with van der Waals surface area (Å²) in [7, 11) is 0. The number of rotatable bonds is 2. The zero-order chi connectivity index (χ0) is 12.7. The van der Waals surface area contributed by atoms with Gasteiger partial charge in [0.1, 0.15) is 0 Å². The van der Waals surface area contributed by atoms with Gasteiger partial charge in [-0.25, -0.2) is 0 Å². The number of hydrogen-bond donors (Lipinski definition) is 1. The number of nitrogens with zero attached hydrogens (tertiary/aromatic N) is 2. The van der Waals surface area contributed by atoms with E-state index in [1.807, 2.05) is 0 Å². The predicted molar refractivity (Wildman–Crippen MR) is 66.5 cm³/mol. The first kappa shape index (κ1) is 12.6. The van der Waals surface area contributed by atoms with Crippen molar-refractivity contribution in [2.45, 2.75) is 64.8 Å². The average molecular weight is 237 g/mol. The van der Waals surface area contributed by atoms with Crippen LogP contribution in [0.4, 0.5) is 0 Å². The minimum absolute atomic E-state index is 0.126. The van der Waals surface area contributed by atoms with Crippen molar-refractivity contribution in [2.75, 3.05) is 0 Å². The fourth-order valence-corrected chi connectivity index (χ4v) is 2.21. The Bertz CT molecular complexity index is 386. The largest absolute Gasteiger partial charge is 0.339 e. The smallest absolute Gasteiger partial charge is 0.230 e. The maximum absolute atomic E-state index is 6.32. The third-order valence-corrected chi connectivity index (χ3v) is 4.05. The van der Waals surface area contributed by atoms with Gasteiger partial charge in [0, 0.05) is 5.92 Å². The second-order valence-corrected chi connectivity index (χ2v) is 6.41. The Kier molecular flexibility index (Phi) is 3.02. The van der Waals surface area contributed by atoms with Gasteiger partial charge in [0.2, 0.25) is 5.89 Å². The monoisotopic (exact) mass is 237 g/mol. The van der Waals surface area contributed by atoms with E-state index in [9.17, 15) is 0 Å². The summed E-state index contributed by atoms with van der Waals surface area (Å²) in [6, 6.07) is 0. The molecule has 2 N–H and O–H groups in total. The van der Waals surface area contributed by atoms with Crippen molar-refractivity contribution in [1.82, 2.24) is 10.1 Å². The molecule has 0 saturated heterocycles. The SMILES string of the molecule is CC(c1nc(C2(N)CCCC2)no1)C(C)(C)C. The fraction of sp³-hybridized carbons (Fsp3) is 0.846. The Morgan fingerprint density at radius 2 is 1.88 bits per heavy atom. The summed E-state index contributed by atoms with van der Waals surface area (Å²) in [5.74, 6) is 1.65. The molecule has 1 fully saturated rings. The normalized spacial score (nSPS) is 21.7. The van der Waals surface area contributed by atoms with Crippen LogP contribution < -0.4 is 5.73 Å². The molecule has 2 rings (SSSR count). The summed E-state index contributed by atoms with van der Waals surface area (Å²) in [5.41, 5.74) is 6.10. The molecule has 0 radical (unpaired) electrons. The molecule has 1 atom stereocenters. The Labute approximate surface area is 103 Å². The van der Waals surface area contributed by atoms with Crippen molar-refractivity contribution in [1.29, 1.82) is 0 Å². The van der Waals surface area contributed by atoms with Crippen molar-refractivity contribution >= 4 is 0 Å². The van der Waals surface area contributed by atoms with E-state index in [4.69, 9.17) is 10.3 Å². The molecule has 1 aliphatic rings. The van der Waals surface area contributed by atoms with Gasteiger partial charge in [0.15, 0.2) is 5.82 Å². The van der Waals surface area contributed by atoms with E-state index in [1.165, 1.54) is 0 Å². The first-order valence-electron chi connectivity index (χ1n) is 6.46. The van der Waals surface area contributed by atoms with Crippen LogP contribution in [-0.4, -0.2) is 10.1 Å². The molecule has 0 amide bonds. The zero-order valence-electron chi connectivity index (χ0n) is 11.3. The molecule has 0 bridgehead atoms. The van der Waals surface area contributed by atoms with E-state index < -0.39 is 0 Å². The van der Waals surface area contributed by atoms with Gasteiger partial charge in [-0.2, -0.15) is 4.98 Å². The van der Waals surface area contributed by atoms with Gasteiger partial charge in [0.25, 0.3) is 0 Å². The highest BCUT2D eigenvalue weighted by Gasteiger charge is 2.37. The molecule has 4 heteroatoms. The van der Waals surface area contributed by atoms with Gasteiger partial charge in [-0.05, 0) is 18.3 Å². The Morgan fingerprint density at radius 3 is 2.41 bits per heavy atom. The molecule has 1 unspecified atom stereocenters. The highest BCUT2D eigenvalue weighted by atomic mass is 16.5. The Balaban J connectivity index is 2.21. The lowest BCUT2D eigenvalue weighted by Gasteiger charge is -2.23. The van der Waals surface area contributed by atoms with E-state index in [1.54, 1.807) is 0 Å². The quantitative estimate of drug-likeness (QED) is 0.858. The standard InChI is InChI=1S/C13H23N3O/c1-9(12(2,3)4)10-15-11(16-17-10)13(14)7-5-6-8-13/h9H,5-8,14H2,1-4H3. The van der Waals surface area contributed by atoms with Crippen molar-refractivity contribution in [2.24, 2.45) is 11.1 Å². The third kappa shape index (κ3) is 2.37. The van der Waals surface area contributed by atoms with E-state index >= 15 is 0 Å². The number of nitrogens with two attached hydrogens (primary N) is 1. The van der Waals surface area contributed by atoms with Crippen LogP contribution in [0.3, 0.4) is 0 Å². The lowest BCUT2D eigenvalue weighted by atomic mass is 9.82. The van der Waals surface area contributed by atoms with Gasteiger partial charge in [-0.1, -0.05) is 45.7 Å². The van der Waals surface area contributed by atoms with E-state index in [0.29, 0.717) is 11.7 Å². The maximum atomic E-state index is 6.32. The second-order valence-electron chi connectivity index (χ2n) is 6.41. The number of aromatic nitrogens is 2. The van der Waals surface area contributed by atoms with Gasteiger partial charge in [-0.15, -0.1) is 0 Å². The van der Waals surface area contributed by atoms with Crippen LogP contribution in [-0.2, 0) is 5.54 Å². The first-order chi connectivity index (χ1) is 7.83. The van der Waals surface area contributed by atoms with Crippen LogP contribution in [0.2, 0.25) is 0 Å². The van der Waals surface area contributed by atoms with Crippen molar-refractivity contribution in [3.63, 3.8) is 0 Å². The summed E-state index contributed by atoms with van der Waals surface area (Å²) < 4.78 is 5.39. The van der Waals surface area contributed by atoms with Crippen LogP contribution >= 0.6 is 0 Å². The van der Waals surface area contributed by atoms with Crippen LogP contribution in [0, 0.1) is 5.41 Å². The maximum Gasteiger partial charge on any atom is 0.230 e. The van der Waals surface area contributed by atoms with Gasteiger partial charge >= 0.3 is 0 Å². The first-order valence-corrected chi connectivity index (χ1v) is 6.46. The van der Waals surface area contributed by atoms with E-state index in [2.05, 4.69) is 37.8 Å². The van der Waals surface area contributed by atoms with Crippen molar-refractivity contribution in [3.8, 4) is 0 Å². The lowest BCUT2D eigenvalue weighted by molar-refractivity contribution is 0.260. The molecule has 0 aliphatic heterocycles. The fourth-order valence-electron chi connectivity index (χ4n) is 2.21. The number of hydrogen-bond acceptors (Lipinski definition) is 4. The summed E-state index contributed by atoms with van der Waals surface area (Å²) in [4.78, 5) is 4.53. The minimum Gasteiger partial charge on any atom is -0.339 e. The molecule has 1 aromatic heterocycles. The molecule has 17 heavy (non-hydrogen) atoms. The Hall–Kier alpha value is -0.900. The third-order valence-electron chi connectivity index (χ3n) is 4.05. The van der Waals surface area contributed by atoms with Crippen LogP contribution in [0.1, 0.15) is 71.0 Å². The van der Waals surface area contributed by atoms with Crippen LogP contribution in [0.5, 0.6) is 0 Å². The molecule has 4 nitrogen and oxygen atoms in total. The lowest BCUT2D eigenvalue weighted by Crippen LogP contribution is -2.34. The molecular formula is C13H23N3O. The van der Waals surface area contributed by atoms with Crippen LogP contribution in [0.25, 0.3) is 0 Å². The highest BCUT2D eigenvalue weighted by molar-refractivity contribution is 5.08. The van der Waals surface area contributed by atoms with Gasteiger partial charge in [0.05, 0.1) is 5.54 Å². The van der Waals surface area contributed by atoms with E-state index in [-0.39, 0.29) is 16.9 Å². The zero-order valence-corrected chi connectivity index (χ0v) is 11.3. The van der Waals surface area contributed by atoms with Gasteiger partial charge < -0.3 is 10.3 Å². The van der Waals surface area contributed by atoms with E-state index in [0.717, 1.165) is 25.7 Å². The van der Waals surface area contributed by atoms with Crippen molar-refractivity contribution in [3.05, 3.63) is 11.7 Å².